The molecule has 2 saturated carbocycles. The van der Waals surface area contributed by atoms with Crippen LogP contribution in [-0.4, -0.2) is 24.4 Å². The molecule has 0 N–H and O–H groups in total. The number of carbonyl (C=O) groups is 1. The highest BCUT2D eigenvalue weighted by molar-refractivity contribution is 6.30. The molecule has 0 spiro atoms. The number of rotatable bonds is 3. The third kappa shape index (κ3) is 2.21. The third-order valence-electron chi connectivity index (χ3n) is 5.15. The van der Waals surface area contributed by atoms with Crippen LogP contribution in [0.15, 0.2) is 29.4 Å². The lowest BCUT2D eigenvalue weighted by atomic mass is 9.82. The second-order valence-electron chi connectivity index (χ2n) is 6.31. The molecule has 1 aliphatic heterocycles. The fourth-order valence-corrected chi connectivity index (χ4v) is 4.16. The monoisotopic (exact) mass is 319 g/mol. The molecule has 2 fully saturated rings. The van der Waals surface area contributed by atoms with E-state index in [1.54, 1.807) is 0 Å². The van der Waals surface area contributed by atoms with Gasteiger partial charge in [-0.1, -0.05) is 28.9 Å². The summed E-state index contributed by atoms with van der Waals surface area (Å²) in [5, 5.41) is 5.01. The van der Waals surface area contributed by atoms with Crippen LogP contribution in [0.2, 0.25) is 5.02 Å². The lowest BCUT2D eigenvalue weighted by Gasteiger charge is -2.22. The number of carbonyl (C=O) groups excluding carboxylic acids is 1. The van der Waals surface area contributed by atoms with Gasteiger partial charge in [0.2, 0.25) is 0 Å². The van der Waals surface area contributed by atoms with E-state index in [9.17, 15) is 4.79 Å². The van der Waals surface area contributed by atoms with Crippen molar-refractivity contribution < 1.29 is 14.4 Å². The highest BCUT2D eigenvalue weighted by Crippen LogP contribution is 2.59. The van der Waals surface area contributed by atoms with Crippen molar-refractivity contribution in [3.8, 4) is 0 Å². The van der Waals surface area contributed by atoms with E-state index in [0.29, 0.717) is 23.5 Å². The Morgan fingerprint density at radius 2 is 2.05 bits per heavy atom. The molecular weight excluding hydrogens is 302 g/mol. The van der Waals surface area contributed by atoms with Crippen molar-refractivity contribution in [2.75, 3.05) is 6.61 Å². The van der Waals surface area contributed by atoms with Gasteiger partial charge in [-0.15, -0.1) is 0 Å². The van der Waals surface area contributed by atoms with Crippen LogP contribution < -0.4 is 0 Å². The van der Waals surface area contributed by atoms with Gasteiger partial charge in [-0.25, -0.2) is 0 Å². The Morgan fingerprint density at radius 3 is 2.77 bits per heavy atom. The number of hydrogen-bond acceptors (Lipinski definition) is 4. The minimum Gasteiger partial charge on any atom is -0.466 e. The van der Waals surface area contributed by atoms with Crippen LogP contribution in [0.4, 0.5) is 0 Å². The lowest BCUT2D eigenvalue weighted by Crippen LogP contribution is -2.28. The first-order valence-electron chi connectivity index (χ1n) is 7.85. The number of ether oxygens (including phenoxy) is 1. The van der Waals surface area contributed by atoms with Crippen LogP contribution in [0.1, 0.15) is 25.3 Å². The van der Waals surface area contributed by atoms with E-state index in [1.807, 2.05) is 31.2 Å². The summed E-state index contributed by atoms with van der Waals surface area (Å²) in [6.45, 7) is 2.31. The topological polar surface area (TPSA) is 47.9 Å². The molecule has 4 rings (SSSR count). The van der Waals surface area contributed by atoms with Gasteiger partial charge in [0.1, 0.15) is 6.10 Å². The third-order valence-corrected chi connectivity index (χ3v) is 5.40. The number of hydrogen-bond donors (Lipinski definition) is 0. The summed E-state index contributed by atoms with van der Waals surface area (Å²) in [5.41, 5.74) is 2.05. The minimum absolute atomic E-state index is 0.0394. The maximum absolute atomic E-state index is 12.0. The van der Waals surface area contributed by atoms with E-state index in [1.165, 1.54) is 0 Å². The molecule has 2 aliphatic carbocycles. The molecule has 4 nitrogen and oxygen atoms in total. The molecule has 5 unspecified atom stereocenters. The maximum Gasteiger partial charge on any atom is 0.309 e. The number of nitrogens with zero attached hydrogens (tertiary/aromatic N) is 1. The Hall–Kier alpha value is -1.55. The molecule has 0 amide bonds. The van der Waals surface area contributed by atoms with E-state index in [4.69, 9.17) is 21.2 Å². The van der Waals surface area contributed by atoms with E-state index in [2.05, 4.69) is 5.16 Å². The van der Waals surface area contributed by atoms with Crippen molar-refractivity contribution in [3.05, 3.63) is 34.9 Å². The second-order valence-corrected chi connectivity index (χ2v) is 6.75. The summed E-state index contributed by atoms with van der Waals surface area (Å²) in [5.74, 6) is 1.16. The minimum atomic E-state index is -0.0394. The SMILES string of the molecule is CCOC(=O)C1C2CC3ON=C(c4ccc(Cl)cc4)C3CC21. The average molecular weight is 320 g/mol. The lowest BCUT2D eigenvalue weighted by molar-refractivity contribution is -0.145. The number of esters is 1. The largest absolute Gasteiger partial charge is 0.466 e. The fraction of sp³-hybridized carbons (Fsp3) is 0.529. The normalized spacial score (nSPS) is 35.0. The number of halogens is 1. The van der Waals surface area contributed by atoms with Crippen molar-refractivity contribution in [1.29, 1.82) is 0 Å². The molecule has 116 valence electrons. The molecule has 22 heavy (non-hydrogen) atoms. The summed E-state index contributed by atoms with van der Waals surface area (Å²) in [4.78, 5) is 17.6. The highest BCUT2D eigenvalue weighted by Gasteiger charge is 2.62. The Labute approximate surface area is 134 Å². The van der Waals surface area contributed by atoms with Gasteiger partial charge < -0.3 is 9.57 Å². The van der Waals surface area contributed by atoms with Gasteiger partial charge in [0, 0.05) is 10.9 Å². The Kier molecular flexibility index (Phi) is 3.37. The zero-order chi connectivity index (χ0) is 15.3. The predicted octanol–water partition coefficient (Wildman–Crippen LogP) is 3.28. The molecule has 1 aromatic carbocycles. The van der Waals surface area contributed by atoms with Crippen molar-refractivity contribution in [3.63, 3.8) is 0 Å². The van der Waals surface area contributed by atoms with Gasteiger partial charge in [-0.3, -0.25) is 4.79 Å². The van der Waals surface area contributed by atoms with E-state index in [0.717, 1.165) is 24.1 Å². The summed E-state index contributed by atoms with van der Waals surface area (Å²) in [6.07, 6.45) is 1.96. The van der Waals surface area contributed by atoms with Gasteiger partial charge in [-0.05, 0) is 49.3 Å². The number of oxime groups is 1. The zero-order valence-corrected chi connectivity index (χ0v) is 13.1. The molecular formula is C17H18ClNO3. The maximum atomic E-state index is 12.0. The molecule has 0 aromatic heterocycles. The van der Waals surface area contributed by atoms with Crippen LogP contribution >= 0.6 is 11.6 Å². The van der Waals surface area contributed by atoms with Crippen LogP contribution in [0.5, 0.6) is 0 Å². The highest BCUT2D eigenvalue weighted by atomic mass is 35.5. The summed E-state index contributed by atoms with van der Waals surface area (Å²) in [7, 11) is 0. The smallest absolute Gasteiger partial charge is 0.309 e. The molecule has 5 heteroatoms. The first-order chi connectivity index (χ1) is 10.7. The molecule has 0 radical (unpaired) electrons. The Morgan fingerprint density at radius 1 is 1.32 bits per heavy atom. The van der Waals surface area contributed by atoms with Gasteiger partial charge in [0.15, 0.2) is 0 Å². The van der Waals surface area contributed by atoms with Gasteiger partial charge in [0.25, 0.3) is 0 Å². The Balaban J connectivity index is 1.50. The molecule has 1 aromatic rings. The van der Waals surface area contributed by atoms with Crippen LogP contribution in [0.25, 0.3) is 0 Å². The van der Waals surface area contributed by atoms with Crippen LogP contribution in [0, 0.1) is 23.7 Å². The molecule has 0 bridgehead atoms. The Bertz CT molecular complexity index is 627. The molecule has 3 aliphatic rings. The molecule has 1 heterocycles. The molecule has 0 saturated heterocycles. The second kappa shape index (κ2) is 5.27. The predicted molar refractivity (Wildman–Crippen MR) is 82.7 cm³/mol. The van der Waals surface area contributed by atoms with E-state index >= 15 is 0 Å². The van der Waals surface area contributed by atoms with Gasteiger partial charge in [-0.2, -0.15) is 0 Å². The van der Waals surface area contributed by atoms with Crippen molar-refractivity contribution >= 4 is 23.3 Å². The van der Waals surface area contributed by atoms with E-state index in [-0.39, 0.29) is 23.9 Å². The number of benzene rings is 1. The first-order valence-corrected chi connectivity index (χ1v) is 8.23. The average Bonchev–Trinajstić information content (AvgIpc) is 3.07. The van der Waals surface area contributed by atoms with Gasteiger partial charge >= 0.3 is 5.97 Å². The van der Waals surface area contributed by atoms with E-state index < -0.39 is 0 Å². The van der Waals surface area contributed by atoms with Crippen molar-refractivity contribution in [1.82, 2.24) is 0 Å². The van der Waals surface area contributed by atoms with Crippen molar-refractivity contribution in [2.24, 2.45) is 28.8 Å². The van der Waals surface area contributed by atoms with Crippen molar-refractivity contribution in [2.45, 2.75) is 25.9 Å². The summed E-state index contributed by atoms with van der Waals surface area (Å²) in [6, 6.07) is 7.71. The zero-order valence-electron chi connectivity index (χ0n) is 12.4. The standard InChI is InChI=1S/C17H18ClNO3/c1-2-21-17(20)15-11-7-13-14(8-12(11)15)22-19-16(13)9-3-5-10(18)6-4-9/h3-6,11-15H,2,7-8H2,1H3. The van der Waals surface area contributed by atoms with Gasteiger partial charge in [0.05, 0.1) is 18.2 Å². The quantitative estimate of drug-likeness (QED) is 0.803. The molecule has 5 atom stereocenters. The van der Waals surface area contributed by atoms with Crippen LogP contribution in [-0.2, 0) is 14.4 Å². The summed E-state index contributed by atoms with van der Waals surface area (Å²) >= 11 is 5.95. The summed E-state index contributed by atoms with van der Waals surface area (Å²) < 4.78 is 5.18. The first kappa shape index (κ1) is 14.1. The fourth-order valence-electron chi connectivity index (χ4n) is 4.04. The number of fused-ring (bicyclic) bond motifs is 2. The van der Waals surface area contributed by atoms with Crippen LogP contribution in [0.3, 0.4) is 0 Å².